The molecule has 0 aliphatic heterocycles. The number of carbonyl (C=O) groups is 1. The van der Waals surface area contributed by atoms with E-state index >= 15 is 0 Å². The Kier molecular flexibility index (Phi) is 6.73. The van der Waals surface area contributed by atoms with Crippen molar-refractivity contribution in [3.05, 3.63) is 78.2 Å². The van der Waals surface area contributed by atoms with Crippen LogP contribution < -0.4 is 5.73 Å². The van der Waals surface area contributed by atoms with Gasteiger partial charge in [-0.3, -0.25) is 4.79 Å². The van der Waals surface area contributed by atoms with Gasteiger partial charge in [0.05, 0.1) is 18.4 Å². The zero-order valence-corrected chi connectivity index (χ0v) is 13.6. The number of aromatic amines is 1. The first-order valence-corrected chi connectivity index (χ1v) is 7.65. The van der Waals surface area contributed by atoms with E-state index in [1.54, 1.807) is 6.20 Å². The number of hydrogen-bond donors (Lipinski definition) is 2. The number of imidazole rings is 1. The van der Waals surface area contributed by atoms with Crippen molar-refractivity contribution in [3.8, 4) is 11.3 Å². The second-order valence-corrected chi connectivity index (χ2v) is 5.08. The predicted octanol–water partition coefficient (Wildman–Crippen LogP) is 3.29. The number of carbonyl (C=O) groups excluding carboxylic acids is 1. The van der Waals surface area contributed by atoms with Crippen molar-refractivity contribution in [2.75, 3.05) is 0 Å². The Morgan fingerprint density at radius 2 is 1.71 bits per heavy atom. The van der Waals surface area contributed by atoms with Crippen molar-refractivity contribution in [2.24, 2.45) is 5.73 Å². The van der Waals surface area contributed by atoms with Crippen LogP contribution in [0.15, 0.2) is 66.9 Å². The summed E-state index contributed by atoms with van der Waals surface area (Å²) in [5.41, 5.74) is 8.61. The molecule has 0 saturated heterocycles. The molecule has 1 heterocycles. The van der Waals surface area contributed by atoms with Crippen LogP contribution in [0.5, 0.6) is 0 Å². The van der Waals surface area contributed by atoms with Gasteiger partial charge < -0.3 is 15.5 Å². The summed E-state index contributed by atoms with van der Waals surface area (Å²) in [4.78, 5) is 17.7. The average molecular weight is 323 g/mol. The smallest absolute Gasteiger partial charge is 0.302 e. The molecule has 5 nitrogen and oxygen atoms in total. The Morgan fingerprint density at radius 3 is 2.25 bits per heavy atom. The van der Waals surface area contributed by atoms with Crippen LogP contribution in [0.1, 0.15) is 18.3 Å². The normalized spacial score (nSPS) is 9.75. The number of nitrogens with zero attached hydrogens (tertiary/aromatic N) is 1. The minimum absolute atomic E-state index is 0.242. The van der Waals surface area contributed by atoms with Crippen LogP contribution >= 0.6 is 0 Å². The highest BCUT2D eigenvalue weighted by Crippen LogP contribution is 2.15. The van der Waals surface area contributed by atoms with Crippen molar-refractivity contribution in [3.63, 3.8) is 0 Å². The third-order valence-corrected chi connectivity index (χ3v) is 3.19. The fraction of sp³-hybridized carbons (Fsp3) is 0.158. The van der Waals surface area contributed by atoms with E-state index in [9.17, 15) is 4.79 Å². The summed E-state index contributed by atoms with van der Waals surface area (Å²) in [6.07, 6.45) is 1.80. The van der Waals surface area contributed by atoms with Crippen molar-refractivity contribution in [2.45, 2.75) is 20.1 Å². The van der Waals surface area contributed by atoms with Gasteiger partial charge in [0.25, 0.3) is 0 Å². The molecular formula is C19H21N3O2. The summed E-state index contributed by atoms with van der Waals surface area (Å²) in [6.45, 7) is 2.23. The van der Waals surface area contributed by atoms with E-state index in [1.807, 2.05) is 60.7 Å². The molecule has 0 aliphatic carbocycles. The fourth-order valence-corrected chi connectivity index (χ4v) is 1.99. The van der Waals surface area contributed by atoms with Gasteiger partial charge in [-0.15, -0.1) is 0 Å². The van der Waals surface area contributed by atoms with Crippen molar-refractivity contribution in [1.82, 2.24) is 9.97 Å². The summed E-state index contributed by atoms with van der Waals surface area (Å²) in [5.74, 6) is 0.577. The molecule has 0 saturated carbocycles. The SMILES string of the molecule is CC(=O)OCc1ccccc1.NCc1ncc(-c2ccccc2)[nH]1. The summed E-state index contributed by atoms with van der Waals surface area (Å²) in [5, 5.41) is 0. The molecule has 0 bridgehead atoms. The molecule has 0 amide bonds. The van der Waals surface area contributed by atoms with Gasteiger partial charge in [-0.2, -0.15) is 0 Å². The Morgan fingerprint density at radius 1 is 1.08 bits per heavy atom. The quantitative estimate of drug-likeness (QED) is 0.722. The molecular weight excluding hydrogens is 302 g/mol. The van der Waals surface area contributed by atoms with Gasteiger partial charge in [0.1, 0.15) is 12.4 Å². The number of esters is 1. The zero-order valence-electron chi connectivity index (χ0n) is 13.6. The molecule has 0 radical (unpaired) electrons. The van der Waals surface area contributed by atoms with Crippen LogP contribution in [0.25, 0.3) is 11.3 Å². The third-order valence-electron chi connectivity index (χ3n) is 3.19. The minimum atomic E-state index is -0.242. The van der Waals surface area contributed by atoms with E-state index in [-0.39, 0.29) is 5.97 Å². The van der Waals surface area contributed by atoms with E-state index in [1.165, 1.54) is 6.92 Å². The summed E-state index contributed by atoms with van der Waals surface area (Å²) in [6, 6.07) is 19.7. The van der Waals surface area contributed by atoms with Crippen LogP contribution in [0.2, 0.25) is 0 Å². The maximum absolute atomic E-state index is 10.4. The molecule has 3 aromatic rings. The van der Waals surface area contributed by atoms with Crippen molar-refractivity contribution >= 4 is 5.97 Å². The molecule has 1 aromatic heterocycles. The molecule has 5 heteroatoms. The zero-order chi connectivity index (χ0) is 17.2. The molecule has 3 N–H and O–H groups in total. The van der Waals surface area contributed by atoms with Gasteiger partial charge in [-0.1, -0.05) is 60.7 Å². The Hall–Kier alpha value is -2.92. The van der Waals surface area contributed by atoms with Crippen LogP contribution in [0.4, 0.5) is 0 Å². The first-order chi connectivity index (χ1) is 11.7. The molecule has 0 unspecified atom stereocenters. The van der Waals surface area contributed by atoms with Crippen LogP contribution in [-0.4, -0.2) is 15.9 Å². The summed E-state index contributed by atoms with van der Waals surface area (Å²) < 4.78 is 4.79. The average Bonchev–Trinajstić information content (AvgIpc) is 3.11. The van der Waals surface area contributed by atoms with E-state index in [0.717, 1.165) is 22.6 Å². The molecule has 24 heavy (non-hydrogen) atoms. The van der Waals surface area contributed by atoms with Gasteiger partial charge in [-0.05, 0) is 11.1 Å². The lowest BCUT2D eigenvalue weighted by Gasteiger charge is -1.99. The number of hydrogen-bond acceptors (Lipinski definition) is 4. The summed E-state index contributed by atoms with van der Waals surface area (Å²) >= 11 is 0. The number of nitrogens with two attached hydrogens (primary N) is 1. The number of nitrogens with one attached hydrogen (secondary N) is 1. The number of H-pyrrole nitrogens is 1. The fourth-order valence-electron chi connectivity index (χ4n) is 1.99. The van der Waals surface area contributed by atoms with Crippen molar-refractivity contribution in [1.29, 1.82) is 0 Å². The highest BCUT2D eigenvalue weighted by Gasteiger charge is 1.99. The predicted molar refractivity (Wildman–Crippen MR) is 93.8 cm³/mol. The number of ether oxygens (including phenoxy) is 1. The lowest BCUT2D eigenvalue weighted by molar-refractivity contribution is -0.142. The molecule has 0 fully saturated rings. The third kappa shape index (κ3) is 5.70. The maximum Gasteiger partial charge on any atom is 0.302 e. The van der Waals surface area contributed by atoms with E-state index in [4.69, 9.17) is 10.5 Å². The molecule has 124 valence electrons. The Labute approximate surface area is 141 Å². The number of aromatic nitrogens is 2. The lowest BCUT2D eigenvalue weighted by atomic mass is 10.2. The lowest BCUT2D eigenvalue weighted by Crippen LogP contribution is -1.97. The van der Waals surface area contributed by atoms with Crippen LogP contribution in [-0.2, 0) is 22.7 Å². The van der Waals surface area contributed by atoms with Gasteiger partial charge in [0, 0.05) is 6.92 Å². The second-order valence-electron chi connectivity index (χ2n) is 5.08. The Bertz CT molecular complexity index is 740. The molecule has 0 atom stereocenters. The molecule has 0 aliphatic rings. The topological polar surface area (TPSA) is 81.0 Å². The summed E-state index contributed by atoms with van der Waals surface area (Å²) in [7, 11) is 0. The van der Waals surface area contributed by atoms with Crippen LogP contribution in [0, 0.1) is 0 Å². The van der Waals surface area contributed by atoms with Crippen molar-refractivity contribution < 1.29 is 9.53 Å². The van der Waals surface area contributed by atoms with Crippen LogP contribution in [0.3, 0.4) is 0 Å². The second kappa shape index (κ2) is 9.27. The highest BCUT2D eigenvalue weighted by molar-refractivity contribution is 5.65. The van der Waals surface area contributed by atoms with Gasteiger partial charge in [-0.25, -0.2) is 4.98 Å². The van der Waals surface area contributed by atoms with E-state index in [2.05, 4.69) is 9.97 Å². The number of rotatable bonds is 4. The monoisotopic (exact) mass is 323 g/mol. The minimum Gasteiger partial charge on any atom is -0.461 e. The highest BCUT2D eigenvalue weighted by atomic mass is 16.5. The Balaban J connectivity index is 0.000000177. The van der Waals surface area contributed by atoms with Gasteiger partial charge in [0.2, 0.25) is 0 Å². The largest absolute Gasteiger partial charge is 0.461 e. The van der Waals surface area contributed by atoms with Gasteiger partial charge in [0.15, 0.2) is 0 Å². The maximum atomic E-state index is 10.4. The van der Waals surface area contributed by atoms with E-state index < -0.39 is 0 Å². The molecule has 0 spiro atoms. The molecule has 2 aromatic carbocycles. The number of benzene rings is 2. The molecule has 3 rings (SSSR count). The first kappa shape index (κ1) is 17.4. The van der Waals surface area contributed by atoms with E-state index in [0.29, 0.717) is 13.2 Å². The standard InChI is InChI=1S/C10H11N3.C9H10O2/c11-6-10-12-7-9(13-10)8-4-2-1-3-5-8;1-8(10)11-7-9-5-3-2-4-6-9/h1-5,7H,6,11H2,(H,12,13);2-6H,7H2,1H3. The van der Waals surface area contributed by atoms with Gasteiger partial charge >= 0.3 is 5.97 Å². The first-order valence-electron chi connectivity index (χ1n) is 7.65.